The number of hydrogen-bond acceptors (Lipinski definition) is 5. The van der Waals surface area contributed by atoms with Gasteiger partial charge in [-0.25, -0.2) is 13.4 Å². The van der Waals surface area contributed by atoms with Gasteiger partial charge in [0.05, 0.1) is 6.54 Å². The molecule has 2 rings (SSSR count). The minimum atomic E-state index is -3.60. The van der Waals surface area contributed by atoms with Gasteiger partial charge < -0.3 is 10.2 Å². The molecule has 0 saturated carbocycles. The number of rotatable bonds is 4. The summed E-state index contributed by atoms with van der Waals surface area (Å²) in [6, 6.07) is 1.44. The topological polar surface area (TPSA) is 88.6 Å². The lowest BCUT2D eigenvalue weighted by molar-refractivity contribution is 0.200. The van der Waals surface area contributed by atoms with Gasteiger partial charge in [-0.2, -0.15) is 0 Å². The molecule has 18 heavy (non-hydrogen) atoms. The lowest BCUT2D eigenvalue weighted by Crippen LogP contribution is -2.44. The van der Waals surface area contributed by atoms with Gasteiger partial charge in [0.25, 0.3) is 10.0 Å². The van der Waals surface area contributed by atoms with E-state index in [4.69, 9.17) is 10.2 Å². The van der Waals surface area contributed by atoms with Crippen molar-refractivity contribution in [3.63, 3.8) is 0 Å². The van der Waals surface area contributed by atoms with Crippen LogP contribution in [0.15, 0.2) is 20.0 Å². The van der Waals surface area contributed by atoms with Gasteiger partial charge >= 0.3 is 0 Å². The number of sulfonamides is 1. The minimum Gasteiger partial charge on any atom is -0.452 e. The fraction of sp³-hybridized carbons (Fsp3) is 0.600. The molecule has 6 nitrogen and oxygen atoms in total. The van der Waals surface area contributed by atoms with Gasteiger partial charge in [0.2, 0.25) is 0 Å². The van der Waals surface area contributed by atoms with E-state index in [1.165, 1.54) is 6.07 Å². The second kappa shape index (κ2) is 5.70. The highest BCUT2D eigenvalue weighted by atomic mass is 79.9. The monoisotopic (exact) mass is 337 g/mol. The molecule has 1 saturated heterocycles. The third-order valence-corrected chi connectivity index (χ3v) is 5.03. The van der Waals surface area contributed by atoms with Crippen molar-refractivity contribution < 1.29 is 12.8 Å². The van der Waals surface area contributed by atoms with Crippen LogP contribution in [0.25, 0.3) is 0 Å². The summed E-state index contributed by atoms with van der Waals surface area (Å²) in [7, 11) is -3.60. The van der Waals surface area contributed by atoms with Gasteiger partial charge in [-0.05, 0) is 28.8 Å². The van der Waals surface area contributed by atoms with E-state index in [0.29, 0.717) is 5.76 Å². The number of piperidine rings is 1. The van der Waals surface area contributed by atoms with Crippen LogP contribution in [0.5, 0.6) is 0 Å². The third-order valence-electron chi connectivity index (χ3n) is 2.80. The molecule has 0 radical (unpaired) electrons. The summed E-state index contributed by atoms with van der Waals surface area (Å²) in [5.41, 5.74) is 5.42. The van der Waals surface area contributed by atoms with Crippen LogP contribution < -0.4 is 10.6 Å². The summed E-state index contributed by atoms with van der Waals surface area (Å²) in [5.74, 6) is 0.431. The van der Waals surface area contributed by atoms with E-state index in [0.717, 1.165) is 32.4 Å². The summed E-state index contributed by atoms with van der Waals surface area (Å²) in [4.78, 5) is 2.66. The Hall–Kier alpha value is -0.410. The van der Waals surface area contributed by atoms with Crippen molar-refractivity contribution in [2.45, 2.75) is 30.7 Å². The summed E-state index contributed by atoms with van der Waals surface area (Å²) >= 11 is 3.10. The zero-order valence-corrected chi connectivity index (χ0v) is 12.3. The normalized spacial score (nSPS) is 18.1. The highest BCUT2D eigenvalue weighted by molar-refractivity contribution is 9.10. The summed E-state index contributed by atoms with van der Waals surface area (Å²) in [6.07, 6.45) is 3.15. The van der Waals surface area contributed by atoms with Crippen molar-refractivity contribution in [3.8, 4) is 0 Å². The molecule has 2 heterocycles. The van der Waals surface area contributed by atoms with Gasteiger partial charge in [-0.15, -0.1) is 4.83 Å². The lowest BCUT2D eigenvalue weighted by Gasteiger charge is -2.26. The van der Waals surface area contributed by atoms with E-state index in [-0.39, 0.29) is 16.1 Å². The Morgan fingerprint density at radius 3 is 2.61 bits per heavy atom. The highest BCUT2D eigenvalue weighted by Gasteiger charge is 2.25. The molecule has 102 valence electrons. The Bertz CT molecular complexity index is 508. The van der Waals surface area contributed by atoms with E-state index in [1.807, 2.05) is 0 Å². The zero-order valence-electron chi connectivity index (χ0n) is 9.86. The smallest absolute Gasteiger partial charge is 0.257 e. The molecular formula is C10H16BrN3O3S. The Labute approximate surface area is 115 Å². The van der Waals surface area contributed by atoms with Crippen molar-refractivity contribution in [3.05, 3.63) is 16.5 Å². The van der Waals surface area contributed by atoms with Crippen molar-refractivity contribution in [2.75, 3.05) is 13.1 Å². The van der Waals surface area contributed by atoms with Crippen LogP contribution in [-0.4, -0.2) is 26.5 Å². The molecule has 1 aliphatic heterocycles. The maximum absolute atomic E-state index is 12.2. The van der Waals surface area contributed by atoms with E-state index in [2.05, 4.69) is 20.8 Å². The van der Waals surface area contributed by atoms with Gasteiger partial charge in [-0.3, -0.25) is 0 Å². The molecule has 1 aliphatic rings. The molecule has 0 atom stereocenters. The molecule has 3 N–H and O–H groups in total. The number of hydrazine groups is 1. The molecule has 0 unspecified atom stereocenters. The van der Waals surface area contributed by atoms with Crippen molar-refractivity contribution in [1.29, 1.82) is 0 Å². The van der Waals surface area contributed by atoms with E-state index in [9.17, 15) is 8.42 Å². The Morgan fingerprint density at radius 1 is 1.39 bits per heavy atom. The molecule has 0 amide bonds. The molecule has 0 aliphatic carbocycles. The van der Waals surface area contributed by atoms with E-state index in [1.54, 1.807) is 5.01 Å². The molecule has 8 heteroatoms. The fourth-order valence-electron chi connectivity index (χ4n) is 1.89. The number of nitrogens with two attached hydrogens (primary N) is 1. The summed E-state index contributed by atoms with van der Waals surface area (Å²) in [5, 5.41) is 1.72. The van der Waals surface area contributed by atoms with Crippen molar-refractivity contribution in [2.24, 2.45) is 5.73 Å². The predicted octanol–water partition coefficient (Wildman–Crippen LogP) is 1.18. The number of halogens is 1. The van der Waals surface area contributed by atoms with Crippen LogP contribution in [0, 0.1) is 0 Å². The first kappa shape index (κ1) is 14.0. The Morgan fingerprint density at radius 2 is 2.06 bits per heavy atom. The van der Waals surface area contributed by atoms with Crippen LogP contribution in [0.3, 0.4) is 0 Å². The summed E-state index contributed by atoms with van der Waals surface area (Å²) < 4.78 is 29.7. The average molecular weight is 338 g/mol. The summed E-state index contributed by atoms with van der Waals surface area (Å²) in [6.45, 7) is 1.63. The first-order valence-electron chi connectivity index (χ1n) is 5.78. The zero-order chi connectivity index (χ0) is 13.2. The van der Waals surface area contributed by atoms with Crippen molar-refractivity contribution >= 4 is 26.0 Å². The van der Waals surface area contributed by atoms with Crippen LogP contribution in [0.2, 0.25) is 0 Å². The molecule has 0 aromatic carbocycles. The standard InChI is InChI=1S/C10H16BrN3O3S/c11-10-9(6-8(7-12)17-10)18(15,16)13-14-4-2-1-3-5-14/h6,13H,1-5,7,12H2. The molecule has 1 fully saturated rings. The Balaban J connectivity index is 2.16. The van der Waals surface area contributed by atoms with Crippen LogP contribution in [-0.2, 0) is 16.6 Å². The molecule has 1 aromatic heterocycles. The van der Waals surface area contributed by atoms with Gasteiger partial charge in [0.15, 0.2) is 4.67 Å². The molecule has 0 spiro atoms. The minimum absolute atomic E-state index is 0.0912. The number of nitrogens with one attached hydrogen (secondary N) is 1. The number of nitrogens with zero attached hydrogens (tertiary/aromatic N) is 1. The van der Waals surface area contributed by atoms with E-state index < -0.39 is 10.0 Å². The van der Waals surface area contributed by atoms with Crippen LogP contribution >= 0.6 is 15.9 Å². The highest BCUT2D eigenvalue weighted by Crippen LogP contribution is 2.26. The number of hydrogen-bond donors (Lipinski definition) is 2. The van der Waals surface area contributed by atoms with Gasteiger partial charge in [-0.1, -0.05) is 6.42 Å². The average Bonchev–Trinajstić information content (AvgIpc) is 2.72. The van der Waals surface area contributed by atoms with Gasteiger partial charge in [0.1, 0.15) is 10.7 Å². The molecule has 0 bridgehead atoms. The molecule has 1 aromatic rings. The number of furan rings is 1. The van der Waals surface area contributed by atoms with E-state index >= 15 is 0 Å². The first-order valence-corrected chi connectivity index (χ1v) is 8.06. The van der Waals surface area contributed by atoms with Crippen LogP contribution in [0.1, 0.15) is 25.0 Å². The maximum atomic E-state index is 12.2. The maximum Gasteiger partial charge on any atom is 0.257 e. The fourth-order valence-corrected chi connectivity index (χ4v) is 4.01. The SMILES string of the molecule is NCc1cc(S(=O)(=O)NN2CCCCC2)c(Br)o1. The quantitative estimate of drug-likeness (QED) is 0.861. The lowest BCUT2D eigenvalue weighted by atomic mass is 10.2. The predicted molar refractivity (Wildman–Crippen MR) is 70.0 cm³/mol. The van der Waals surface area contributed by atoms with Crippen LogP contribution in [0.4, 0.5) is 0 Å². The Kier molecular flexibility index (Phi) is 4.44. The second-order valence-corrected chi connectivity index (χ2v) is 6.55. The first-order chi connectivity index (χ1) is 8.53. The molecular weight excluding hydrogens is 322 g/mol. The van der Waals surface area contributed by atoms with Crippen molar-refractivity contribution in [1.82, 2.24) is 9.84 Å². The third kappa shape index (κ3) is 3.12. The van der Waals surface area contributed by atoms with Gasteiger partial charge in [0, 0.05) is 19.2 Å². The largest absolute Gasteiger partial charge is 0.452 e. The second-order valence-electron chi connectivity index (χ2n) is 4.20.